The Morgan fingerprint density at radius 2 is 1.95 bits per heavy atom. The van der Waals surface area contributed by atoms with Crippen molar-refractivity contribution in [3.8, 4) is 22.8 Å². The first-order chi connectivity index (χ1) is 10.1. The normalized spacial score (nSPS) is 12.2. The molecule has 0 aliphatic heterocycles. The number of benzene rings is 1. The highest BCUT2D eigenvalue weighted by Crippen LogP contribution is 2.38. The molecule has 2 N–H and O–H groups in total. The minimum Gasteiger partial charge on any atom is -0.493 e. The molecule has 0 fully saturated rings. The molecule has 0 saturated heterocycles. The molecule has 0 saturated carbocycles. The summed E-state index contributed by atoms with van der Waals surface area (Å²) in [5.41, 5.74) is 7.77. The number of aryl methyl sites for hydroxylation is 1. The summed E-state index contributed by atoms with van der Waals surface area (Å²) in [6.45, 7) is 4.92. The molecule has 0 bridgehead atoms. The van der Waals surface area contributed by atoms with Crippen molar-refractivity contribution < 1.29 is 9.47 Å². The summed E-state index contributed by atoms with van der Waals surface area (Å²) in [5.74, 6) is 1.85. The number of methoxy groups -OCH3 is 2. The topological polar surface area (TPSA) is 57.4 Å². The van der Waals surface area contributed by atoms with Crippen molar-refractivity contribution in [3.05, 3.63) is 28.1 Å². The first-order valence-electron chi connectivity index (χ1n) is 7.00. The quantitative estimate of drug-likeness (QED) is 0.886. The van der Waals surface area contributed by atoms with E-state index in [0.717, 1.165) is 34.2 Å². The summed E-state index contributed by atoms with van der Waals surface area (Å²) >= 11 is 1.74. The van der Waals surface area contributed by atoms with Crippen molar-refractivity contribution in [1.29, 1.82) is 0 Å². The van der Waals surface area contributed by atoms with Gasteiger partial charge in [-0.3, -0.25) is 0 Å². The van der Waals surface area contributed by atoms with Gasteiger partial charge in [-0.25, -0.2) is 4.98 Å². The van der Waals surface area contributed by atoms with Crippen LogP contribution < -0.4 is 15.2 Å². The fourth-order valence-electron chi connectivity index (χ4n) is 2.35. The number of nitrogens with zero attached hydrogens (tertiary/aromatic N) is 1. The SMILES string of the molecule is COc1ccc(-c2nc(C)sc2C(C)CCN)cc1OC. The Hall–Kier alpha value is -1.59. The maximum atomic E-state index is 5.69. The Bertz CT molecular complexity index is 610. The second-order valence-corrected chi connectivity index (χ2v) is 6.23. The van der Waals surface area contributed by atoms with Crippen LogP contribution in [0.5, 0.6) is 11.5 Å². The fraction of sp³-hybridized carbons (Fsp3) is 0.438. The summed E-state index contributed by atoms with van der Waals surface area (Å²) in [7, 11) is 3.28. The Kier molecular flexibility index (Phi) is 5.20. The number of hydrogen-bond donors (Lipinski definition) is 1. The van der Waals surface area contributed by atoms with Gasteiger partial charge in [-0.15, -0.1) is 11.3 Å². The van der Waals surface area contributed by atoms with Gasteiger partial charge in [0.2, 0.25) is 0 Å². The molecule has 1 unspecified atom stereocenters. The van der Waals surface area contributed by atoms with Gasteiger partial charge >= 0.3 is 0 Å². The molecule has 4 nitrogen and oxygen atoms in total. The highest BCUT2D eigenvalue weighted by atomic mass is 32.1. The predicted octanol–water partition coefficient (Wildman–Crippen LogP) is 3.59. The molecule has 5 heteroatoms. The summed E-state index contributed by atoms with van der Waals surface area (Å²) in [4.78, 5) is 5.98. The standard InChI is InChI=1S/C16H22N2O2S/c1-10(7-8-17)16-15(18-11(2)21-16)12-5-6-13(19-3)14(9-12)20-4/h5-6,9-10H,7-8,17H2,1-4H3. The van der Waals surface area contributed by atoms with Gasteiger partial charge in [0.1, 0.15) is 0 Å². The third-order valence-corrected chi connectivity index (χ3v) is 4.67. The zero-order chi connectivity index (χ0) is 15.4. The average molecular weight is 306 g/mol. The van der Waals surface area contributed by atoms with Crippen LogP contribution in [0.4, 0.5) is 0 Å². The first kappa shape index (κ1) is 15.8. The van der Waals surface area contributed by atoms with Gasteiger partial charge in [-0.1, -0.05) is 6.92 Å². The van der Waals surface area contributed by atoms with Crippen molar-refractivity contribution in [3.63, 3.8) is 0 Å². The zero-order valence-electron chi connectivity index (χ0n) is 13.0. The lowest BCUT2D eigenvalue weighted by Crippen LogP contribution is -2.04. The Morgan fingerprint density at radius 1 is 1.24 bits per heavy atom. The summed E-state index contributed by atoms with van der Waals surface area (Å²) in [6.07, 6.45) is 0.960. The van der Waals surface area contributed by atoms with E-state index in [4.69, 9.17) is 20.2 Å². The molecule has 1 atom stereocenters. The lowest BCUT2D eigenvalue weighted by atomic mass is 10.0. The van der Waals surface area contributed by atoms with E-state index in [1.54, 1.807) is 25.6 Å². The van der Waals surface area contributed by atoms with Gasteiger partial charge in [-0.2, -0.15) is 0 Å². The van der Waals surface area contributed by atoms with Crippen LogP contribution in [0.2, 0.25) is 0 Å². The van der Waals surface area contributed by atoms with Crippen molar-refractivity contribution in [2.24, 2.45) is 5.73 Å². The number of nitrogens with two attached hydrogens (primary N) is 1. The van der Waals surface area contributed by atoms with E-state index in [1.807, 2.05) is 25.1 Å². The lowest BCUT2D eigenvalue weighted by Gasteiger charge is -2.12. The van der Waals surface area contributed by atoms with Crippen molar-refractivity contribution >= 4 is 11.3 Å². The smallest absolute Gasteiger partial charge is 0.161 e. The minimum absolute atomic E-state index is 0.407. The molecule has 1 heterocycles. The van der Waals surface area contributed by atoms with E-state index >= 15 is 0 Å². The third-order valence-electron chi connectivity index (χ3n) is 3.46. The Morgan fingerprint density at radius 3 is 2.57 bits per heavy atom. The average Bonchev–Trinajstić information content (AvgIpc) is 2.88. The lowest BCUT2D eigenvalue weighted by molar-refractivity contribution is 0.355. The number of aromatic nitrogens is 1. The first-order valence-corrected chi connectivity index (χ1v) is 7.82. The van der Waals surface area contributed by atoms with Gasteiger partial charge < -0.3 is 15.2 Å². The highest BCUT2D eigenvalue weighted by molar-refractivity contribution is 7.12. The maximum Gasteiger partial charge on any atom is 0.161 e. The van der Waals surface area contributed by atoms with Crippen LogP contribution in [0.15, 0.2) is 18.2 Å². The predicted molar refractivity (Wildman–Crippen MR) is 87.5 cm³/mol. The van der Waals surface area contributed by atoms with E-state index in [1.165, 1.54) is 4.88 Å². The summed E-state index contributed by atoms with van der Waals surface area (Å²) < 4.78 is 10.7. The van der Waals surface area contributed by atoms with E-state index in [0.29, 0.717) is 12.5 Å². The van der Waals surface area contributed by atoms with Gasteiger partial charge in [-0.05, 0) is 44.0 Å². The number of ether oxygens (including phenoxy) is 2. The Balaban J connectivity index is 2.46. The molecular weight excluding hydrogens is 284 g/mol. The summed E-state index contributed by atoms with van der Waals surface area (Å²) in [5, 5.41) is 1.07. The van der Waals surface area contributed by atoms with Crippen LogP contribution in [-0.2, 0) is 0 Å². The molecule has 1 aromatic carbocycles. The fourth-order valence-corrected chi connectivity index (χ4v) is 3.38. The largest absolute Gasteiger partial charge is 0.493 e. The monoisotopic (exact) mass is 306 g/mol. The van der Waals surface area contributed by atoms with Crippen LogP contribution in [-0.4, -0.2) is 25.7 Å². The molecule has 2 rings (SSSR count). The molecule has 0 amide bonds. The summed E-state index contributed by atoms with van der Waals surface area (Å²) in [6, 6.07) is 5.92. The highest BCUT2D eigenvalue weighted by Gasteiger charge is 2.18. The van der Waals surface area contributed by atoms with Crippen molar-refractivity contribution in [1.82, 2.24) is 4.98 Å². The van der Waals surface area contributed by atoms with Gasteiger partial charge in [0, 0.05) is 10.4 Å². The van der Waals surface area contributed by atoms with E-state index in [2.05, 4.69) is 6.92 Å². The van der Waals surface area contributed by atoms with Crippen LogP contribution in [0.3, 0.4) is 0 Å². The van der Waals surface area contributed by atoms with Crippen molar-refractivity contribution in [2.75, 3.05) is 20.8 Å². The number of hydrogen-bond acceptors (Lipinski definition) is 5. The van der Waals surface area contributed by atoms with Gasteiger partial charge in [0.25, 0.3) is 0 Å². The van der Waals surface area contributed by atoms with Crippen molar-refractivity contribution in [2.45, 2.75) is 26.2 Å². The molecule has 21 heavy (non-hydrogen) atoms. The van der Waals surface area contributed by atoms with Crippen LogP contribution in [0.1, 0.15) is 29.1 Å². The van der Waals surface area contributed by atoms with E-state index in [9.17, 15) is 0 Å². The van der Waals surface area contributed by atoms with Gasteiger partial charge in [0.15, 0.2) is 11.5 Å². The molecule has 0 radical (unpaired) electrons. The third kappa shape index (κ3) is 3.36. The molecule has 1 aromatic heterocycles. The molecule has 0 aliphatic carbocycles. The van der Waals surface area contributed by atoms with Gasteiger partial charge in [0.05, 0.1) is 24.9 Å². The van der Waals surface area contributed by atoms with Crippen LogP contribution >= 0.6 is 11.3 Å². The zero-order valence-corrected chi connectivity index (χ0v) is 13.8. The Labute approximate surface area is 129 Å². The van der Waals surface area contributed by atoms with E-state index < -0.39 is 0 Å². The molecule has 0 spiro atoms. The maximum absolute atomic E-state index is 5.69. The molecule has 2 aromatic rings. The minimum atomic E-state index is 0.407. The second kappa shape index (κ2) is 6.91. The van der Waals surface area contributed by atoms with E-state index in [-0.39, 0.29) is 0 Å². The molecular formula is C16H22N2O2S. The van der Waals surface area contributed by atoms with Crippen LogP contribution in [0.25, 0.3) is 11.3 Å². The second-order valence-electron chi connectivity index (χ2n) is 4.99. The molecule has 114 valence electrons. The van der Waals surface area contributed by atoms with Crippen LogP contribution in [0, 0.1) is 6.92 Å². The molecule has 0 aliphatic rings. The number of thiazole rings is 1. The number of rotatable bonds is 6.